The molecule has 1 aliphatic heterocycles. The van der Waals surface area contributed by atoms with Gasteiger partial charge in [-0.05, 0) is 30.7 Å². The lowest BCUT2D eigenvalue weighted by atomic mass is 10.1. The predicted octanol–water partition coefficient (Wildman–Crippen LogP) is 3.52. The van der Waals surface area contributed by atoms with E-state index in [1.165, 1.54) is 0 Å². The first-order valence-electron chi connectivity index (χ1n) is 7.41. The number of halogens is 1. The fourth-order valence-corrected chi connectivity index (χ4v) is 4.84. The topological polar surface area (TPSA) is 46.6 Å². The van der Waals surface area contributed by atoms with Crippen LogP contribution in [-0.2, 0) is 14.8 Å². The van der Waals surface area contributed by atoms with Crippen LogP contribution in [0, 0.1) is 6.92 Å². The summed E-state index contributed by atoms with van der Waals surface area (Å²) < 4.78 is 34.1. The highest BCUT2D eigenvalue weighted by Crippen LogP contribution is 2.33. The van der Waals surface area contributed by atoms with Crippen LogP contribution in [0.15, 0.2) is 57.9 Å². The first-order valence-corrected chi connectivity index (χ1v) is 9.64. The van der Waals surface area contributed by atoms with Gasteiger partial charge < -0.3 is 4.74 Å². The van der Waals surface area contributed by atoms with Crippen molar-refractivity contribution in [1.82, 2.24) is 4.31 Å². The molecule has 0 saturated carbocycles. The SMILES string of the molecule is Cc1ccc(S(=O)(=O)N2CCOCC2c2ccccc2Br)cc1. The normalized spacial score (nSPS) is 19.7. The fraction of sp³-hybridized carbons (Fsp3) is 0.294. The van der Waals surface area contributed by atoms with Crippen LogP contribution in [0.5, 0.6) is 0 Å². The van der Waals surface area contributed by atoms with Crippen LogP contribution in [0.4, 0.5) is 0 Å². The van der Waals surface area contributed by atoms with Crippen molar-refractivity contribution in [3.05, 3.63) is 64.1 Å². The van der Waals surface area contributed by atoms with Crippen LogP contribution < -0.4 is 0 Å². The number of rotatable bonds is 3. The van der Waals surface area contributed by atoms with Gasteiger partial charge in [0.05, 0.1) is 24.2 Å². The number of hydrogen-bond donors (Lipinski definition) is 0. The van der Waals surface area contributed by atoms with Crippen molar-refractivity contribution in [2.45, 2.75) is 17.9 Å². The number of nitrogens with zero attached hydrogens (tertiary/aromatic N) is 1. The Balaban J connectivity index is 2.01. The summed E-state index contributed by atoms with van der Waals surface area (Å²) in [6.07, 6.45) is 0. The molecule has 1 fully saturated rings. The minimum atomic E-state index is -3.56. The molecule has 23 heavy (non-hydrogen) atoms. The van der Waals surface area contributed by atoms with E-state index in [1.807, 2.05) is 43.3 Å². The molecule has 1 saturated heterocycles. The highest BCUT2D eigenvalue weighted by molar-refractivity contribution is 9.10. The van der Waals surface area contributed by atoms with E-state index in [-0.39, 0.29) is 6.04 Å². The third-order valence-electron chi connectivity index (χ3n) is 3.97. The molecule has 1 atom stereocenters. The molecule has 0 aliphatic carbocycles. The molecule has 0 amide bonds. The number of aryl methyl sites for hydroxylation is 1. The van der Waals surface area contributed by atoms with Crippen LogP contribution in [0.1, 0.15) is 17.2 Å². The van der Waals surface area contributed by atoms with E-state index in [4.69, 9.17) is 4.74 Å². The predicted molar refractivity (Wildman–Crippen MR) is 92.8 cm³/mol. The average molecular weight is 396 g/mol. The average Bonchev–Trinajstić information content (AvgIpc) is 2.56. The zero-order chi connectivity index (χ0) is 16.4. The Morgan fingerprint density at radius 1 is 1.13 bits per heavy atom. The highest BCUT2D eigenvalue weighted by atomic mass is 79.9. The molecule has 0 bridgehead atoms. The maximum Gasteiger partial charge on any atom is 0.243 e. The summed E-state index contributed by atoms with van der Waals surface area (Å²) in [6, 6.07) is 14.3. The van der Waals surface area contributed by atoms with Crippen molar-refractivity contribution in [2.75, 3.05) is 19.8 Å². The third-order valence-corrected chi connectivity index (χ3v) is 6.62. The van der Waals surface area contributed by atoms with Crippen LogP contribution in [-0.4, -0.2) is 32.5 Å². The number of hydrogen-bond acceptors (Lipinski definition) is 3. The molecule has 0 aromatic heterocycles. The molecule has 1 heterocycles. The van der Waals surface area contributed by atoms with Crippen molar-refractivity contribution in [3.63, 3.8) is 0 Å². The third kappa shape index (κ3) is 3.35. The molecule has 4 nitrogen and oxygen atoms in total. The Labute approximate surface area is 145 Å². The molecule has 0 radical (unpaired) electrons. The molecule has 1 aliphatic rings. The van der Waals surface area contributed by atoms with Gasteiger partial charge in [-0.3, -0.25) is 0 Å². The van der Waals surface area contributed by atoms with Crippen molar-refractivity contribution >= 4 is 26.0 Å². The molecule has 6 heteroatoms. The molecule has 3 rings (SSSR count). The van der Waals surface area contributed by atoms with Gasteiger partial charge in [-0.2, -0.15) is 4.31 Å². The Hall–Kier alpha value is -1.21. The molecule has 2 aromatic carbocycles. The number of sulfonamides is 1. The second kappa shape index (κ2) is 6.73. The molecule has 1 unspecified atom stereocenters. The van der Waals surface area contributed by atoms with Gasteiger partial charge in [0, 0.05) is 11.0 Å². The highest BCUT2D eigenvalue weighted by Gasteiger charge is 2.35. The van der Waals surface area contributed by atoms with E-state index in [0.717, 1.165) is 15.6 Å². The fourth-order valence-electron chi connectivity index (χ4n) is 2.71. The number of benzene rings is 2. The van der Waals surface area contributed by atoms with Gasteiger partial charge in [0.2, 0.25) is 10.0 Å². The van der Waals surface area contributed by atoms with Gasteiger partial charge >= 0.3 is 0 Å². The molecular weight excluding hydrogens is 378 g/mol. The largest absolute Gasteiger partial charge is 0.378 e. The van der Waals surface area contributed by atoms with E-state index >= 15 is 0 Å². The Morgan fingerprint density at radius 2 is 1.83 bits per heavy atom. The molecule has 122 valence electrons. The summed E-state index contributed by atoms with van der Waals surface area (Å²) in [5.41, 5.74) is 1.95. The first-order chi connectivity index (χ1) is 11.0. The van der Waals surface area contributed by atoms with E-state index in [9.17, 15) is 8.42 Å². The van der Waals surface area contributed by atoms with Crippen LogP contribution in [0.3, 0.4) is 0 Å². The van der Waals surface area contributed by atoms with Crippen molar-refractivity contribution < 1.29 is 13.2 Å². The lowest BCUT2D eigenvalue weighted by molar-refractivity contribution is 0.0318. The van der Waals surface area contributed by atoms with E-state index < -0.39 is 10.0 Å². The van der Waals surface area contributed by atoms with Crippen molar-refractivity contribution in [3.8, 4) is 0 Å². The zero-order valence-electron chi connectivity index (χ0n) is 12.8. The van der Waals surface area contributed by atoms with Gasteiger partial charge in [0.1, 0.15) is 0 Å². The van der Waals surface area contributed by atoms with E-state index in [0.29, 0.717) is 24.7 Å². The van der Waals surface area contributed by atoms with Gasteiger partial charge in [0.25, 0.3) is 0 Å². The smallest absolute Gasteiger partial charge is 0.243 e. The summed E-state index contributed by atoms with van der Waals surface area (Å²) in [7, 11) is -3.56. The first kappa shape index (κ1) is 16.6. The maximum atomic E-state index is 13.0. The minimum Gasteiger partial charge on any atom is -0.378 e. The number of ether oxygens (including phenoxy) is 1. The van der Waals surface area contributed by atoms with Crippen molar-refractivity contribution in [1.29, 1.82) is 0 Å². The van der Waals surface area contributed by atoms with Crippen molar-refractivity contribution in [2.24, 2.45) is 0 Å². The number of morpholine rings is 1. The minimum absolute atomic E-state index is 0.321. The van der Waals surface area contributed by atoms with Gasteiger partial charge in [-0.1, -0.05) is 51.8 Å². The van der Waals surface area contributed by atoms with Crippen LogP contribution in [0.2, 0.25) is 0 Å². The molecule has 2 aromatic rings. The van der Waals surface area contributed by atoms with Crippen LogP contribution >= 0.6 is 15.9 Å². The monoisotopic (exact) mass is 395 g/mol. The summed E-state index contributed by atoms with van der Waals surface area (Å²) in [4.78, 5) is 0.321. The quantitative estimate of drug-likeness (QED) is 0.798. The van der Waals surface area contributed by atoms with Gasteiger partial charge in [0.15, 0.2) is 0 Å². The van der Waals surface area contributed by atoms with Gasteiger partial charge in [-0.25, -0.2) is 8.42 Å². The lowest BCUT2D eigenvalue weighted by Crippen LogP contribution is -2.43. The summed E-state index contributed by atoms with van der Waals surface area (Å²) in [5, 5.41) is 0. The molecule has 0 N–H and O–H groups in total. The van der Waals surface area contributed by atoms with E-state index in [1.54, 1.807) is 16.4 Å². The summed E-state index contributed by atoms with van der Waals surface area (Å²) in [5.74, 6) is 0. The maximum absolute atomic E-state index is 13.0. The van der Waals surface area contributed by atoms with Crippen LogP contribution in [0.25, 0.3) is 0 Å². The Morgan fingerprint density at radius 3 is 2.52 bits per heavy atom. The molecule has 0 spiro atoms. The standard InChI is InChI=1S/C17H18BrNO3S/c1-13-6-8-14(9-7-13)23(20,21)19-10-11-22-12-17(19)15-4-2-3-5-16(15)18/h2-9,17H,10-12H2,1H3. The summed E-state index contributed by atoms with van der Waals surface area (Å²) >= 11 is 3.51. The van der Waals surface area contributed by atoms with Gasteiger partial charge in [-0.15, -0.1) is 0 Å². The zero-order valence-corrected chi connectivity index (χ0v) is 15.2. The van der Waals surface area contributed by atoms with E-state index in [2.05, 4.69) is 15.9 Å². The Kier molecular flexibility index (Phi) is 4.87. The molecular formula is C17H18BrNO3S. The second-order valence-electron chi connectivity index (χ2n) is 5.54. The summed E-state index contributed by atoms with van der Waals surface area (Å²) in [6.45, 7) is 3.05. The lowest BCUT2D eigenvalue weighted by Gasteiger charge is -2.35. The second-order valence-corrected chi connectivity index (χ2v) is 8.29. The Bertz CT molecular complexity index is 790.